The van der Waals surface area contributed by atoms with E-state index in [1.807, 2.05) is 24.3 Å². The quantitative estimate of drug-likeness (QED) is 0.638. The van der Waals surface area contributed by atoms with Crippen molar-refractivity contribution in [1.82, 2.24) is 9.88 Å². The third-order valence-corrected chi connectivity index (χ3v) is 3.54. The van der Waals surface area contributed by atoms with Gasteiger partial charge in [-0.1, -0.05) is 18.2 Å². The number of imide groups is 1. The first-order valence-corrected chi connectivity index (χ1v) is 6.45. The largest absolute Gasteiger partial charge is 0.378 e. The Morgan fingerprint density at radius 2 is 2.10 bits per heavy atom. The van der Waals surface area contributed by atoms with Gasteiger partial charge in [0.15, 0.2) is 6.10 Å². The summed E-state index contributed by atoms with van der Waals surface area (Å²) >= 11 is 0. The number of aliphatic hydroxyl groups excluding tert-OH is 1. The summed E-state index contributed by atoms with van der Waals surface area (Å²) in [5.74, 6) is -0.973. The lowest BCUT2D eigenvalue weighted by Gasteiger charge is -2.08. The van der Waals surface area contributed by atoms with Crippen molar-refractivity contribution in [3.05, 3.63) is 41.6 Å². The van der Waals surface area contributed by atoms with Gasteiger partial charge < -0.3 is 10.1 Å². The third kappa shape index (κ3) is 1.75. The van der Waals surface area contributed by atoms with Crippen molar-refractivity contribution in [1.29, 1.82) is 0 Å². The number of hydrogen-bond donors (Lipinski definition) is 2. The SMILES string of the molecule is CCN1C(=O)/C(=C/c2c[nH]c3ccccc23)[C@H](O)C1=O. The smallest absolute Gasteiger partial charge is 0.263 e. The molecule has 5 heteroatoms. The number of para-hydroxylation sites is 1. The zero-order chi connectivity index (χ0) is 14.3. The summed E-state index contributed by atoms with van der Waals surface area (Å²) in [6, 6.07) is 7.65. The number of aromatic nitrogens is 1. The highest BCUT2D eigenvalue weighted by Crippen LogP contribution is 2.25. The summed E-state index contributed by atoms with van der Waals surface area (Å²) in [4.78, 5) is 28.0. The average Bonchev–Trinajstić information content (AvgIpc) is 2.95. The Bertz CT molecular complexity index is 730. The van der Waals surface area contributed by atoms with Gasteiger partial charge in [-0.3, -0.25) is 14.5 Å². The van der Waals surface area contributed by atoms with Crippen LogP contribution in [0.2, 0.25) is 0 Å². The van der Waals surface area contributed by atoms with Crippen molar-refractivity contribution in [2.45, 2.75) is 13.0 Å². The molecule has 3 rings (SSSR count). The molecule has 1 aliphatic heterocycles. The number of likely N-dealkylation sites (N-methyl/N-ethyl adjacent to an activating group) is 1. The normalized spacial score (nSPS) is 21.4. The number of rotatable bonds is 2. The third-order valence-electron chi connectivity index (χ3n) is 3.54. The molecular weight excluding hydrogens is 256 g/mol. The molecule has 2 amide bonds. The Hall–Kier alpha value is -2.40. The number of benzene rings is 1. The maximum Gasteiger partial charge on any atom is 0.263 e. The van der Waals surface area contributed by atoms with Gasteiger partial charge in [-0.25, -0.2) is 0 Å². The lowest BCUT2D eigenvalue weighted by molar-refractivity contribution is -0.140. The number of H-pyrrole nitrogens is 1. The Balaban J connectivity index is 2.08. The first-order valence-electron chi connectivity index (χ1n) is 6.45. The molecule has 2 aromatic rings. The van der Waals surface area contributed by atoms with E-state index in [-0.39, 0.29) is 12.1 Å². The van der Waals surface area contributed by atoms with E-state index in [2.05, 4.69) is 4.98 Å². The monoisotopic (exact) mass is 270 g/mol. The Kier molecular flexibility index (Phi) is 2.91. The maximum absolute atomic E-state index is 12.1. The van der Waals surface area contributed by atoms with Crippen LogP contribution < -0.4 is 0 Å². The number of nitrogens with one attached hydrogen (secondary N) is 1. The molecule has 0 unspecified atom stereocenters. The lowest BCUT2D eigenvalue weighted by Crippen LogP contribution is -2.31. The fourth-order valence-electron chi connectivity index (χ4n) is 2.47. The number of aromatic amines is 1. The molecule has 2 heterocycles. The fourth-order valence-corrected chi connectivity index (χ4v) is 2.47. The van der Waals surface area contributed by atoms with E-state index in [4.69, 9.17) is 0 Å². The summed E-state index contributed by atoms with van der Waals surface area (Å²) < 4.78 is 0. The van der Waals surface area contributed by atoms with Crippen molar-refractivity contribution in [3.8, 4) is 0 Å². The molecule has 0 aliphatic carbocycles. The van der Waals surface area contributed by atoms with Gasteiger partial charge in [-0.15, -0.1) is 0 Å². The highest BCUT2D eigenvalue weighted by atomic mass is 16.3. The minimum atomic E-state index is -1.36. The molecule has 5 nitrogen and oxygen atoms in total. The molecule has 2 N–H and O–H groups in total. The highest BCUT2D eigenvalue weighted by Gasteiger charge is 2.41. The van der Waals surface area contributed by atoms with Crippen LogP contribution in [0.25, 0.3) is 17.0 Å². The molecule has 20 heavy (non-hydrogen) atoms. The fraction of sp³-hybridized carbons (Fsp3) is 0.200. The van der Waals surface area contributed by atoms with Crippen molar-refractivity contribution >= 4 is 28.8 Å². The minimum absolute atomic E-state index is 0.126. The number of carbonyl (C=O) groups is 2. The van der Waals surface area contributed by atoms with Crippen molar-refractivity contribution in [2.24, 2.45) is 0 Å². The molecule has 0 saturated carbocycles. The second-order valence-electron chi connectivity index (χ2n) is 4.68. The number of likely N-dealkylation sites (tertiary alicyclic amines) is 1. The van der Waals surface area contributed by atoms with Crippen LogP contribution in [-0.2, 0) is 9.59 Å². The maximum atomic E-state index is 12.1. The summed E-state index contributed by atoms with van der Waals surface area (Å²) in [5, 5.41) is 10.9. The van der Waals surface area contributed by atoms with Crippen LogP contribution in [0.15, 0.2) is 36.0 Å². The predicted octanol–water partition coefficient (Wildman–Crippen LogP) is 1.30. The van der Waals surface area contributed by atoms with E-state index in [1.54, 1.807) is 19.2 Å². The van der Waals surface area contributed by atoms with Gasteiger partial charge in [-0.2, -0.15) is 0 Å². The van der Waals surface area contributed by atoms with Crippen molar-refractivity contribution in [3.63, 3.8) is 0 Å². The van der Waals surface area contributed by atoms with Gasteiger partial charge in [0, 0.05) is 29.2 Å². The minimum Gasteiger partial charge on any atom is -0.378 e. The molecule has 102 valence electrons. The van der Waals surface area contributed by atoms with E-state index in [9.17, 15) is 14.7 Å². The molecule has 0 spiro atoms. The van der Waals surface area contributed by atoms with Crippen LogP contribution in [0.4, 0.5) is 0 Å². The van der Waals surface area contributed by atoms with Crippen LogP contribution in [0.3, 0.4) is 0 Å². The molecule has 1 atom stereocenters. The molecule has 1 saturated heterocycles. The summed E-state index contributed by atoms with van der Waals surface area (Å²) in [6.45, 7) is 1.97. The van der Waals surface area contributed by atoms with Crippen LogP contribution >= 0.6 is 0 Å². The summed E-state index contributed by atoms with van der Waals surface area (Å²) in [7, 11) is 0. The molecule has 1 aliphatic rings. The second kappa shape index (κ2) is 4.61. The summed E-state index contributed by atoms with van der Waals surface area (Å²) in [5.41, 5.74) is 1.85. The van der Waals surface area contributed by atoms with Crippen LogP contribution in [0, 0.1) is 0 Å². The molecule has 1 aromatic heterocycles. The van der Waals surface area contributed by atoms with Gasteiger partial charge in [-0.05, 0) is 19.1 Å². The van der Waals surface area contributed by atoms with Crippen molar-refractivity contribution in [2.75, 3.05) is 6.54 Å². The van der Waals surface area contributed by atoms with Crippen molar-refractivity contribution < 1.29 is 14.7 Å². The zero-order valence-corrected chi connectivity index (χ0v) is 11.0. The van der Waals surface area contributed by atoms with E-state index in [0.717, 1.165) is 21.4 Å². The number of fused-ring (bicyclic) bond motifs is 1. The van der Waals surface area contributed by atoms with Crippen LogP contribution in [0.5, 0.6) is 0 Å². The van der Waals surface area contributed by atoms with Gasteiger partial charge in [0.25, 0.3) is 11.8 Å². The number of carbonyl (C=O) groups excluding carboxylic acids is 2. The first kappa shape index (κ1) is 12.6. The number of nitrogens with zero attached hydrogens (tertiary/aromatic N) is 1. The highest BCUT2D eigenvalue weighted by molar-refractivity contribution is 6.18. The van der Waals surface area contributed by atoms with Gasteiger partial charge in [0.05, 0.1) is 5.57 Å². The topological polar surface area (TPSA) is 73.4 Å². The number of aliphatic hydroxyl groups is 1. The predicted molar refractivity (Wildman–Crippen MR) is 74.7 cm³/mol. The Morgan fingerprint density at radius 3 is 2.80 bits per heavy atom. The molecule has 0 bridgehead atoms. The Morgan fingerprint density at radius 1 is 1.35 bits per heavy atom. The standard InChI is InChI=1S/C15H14N2O3/c1-2-17-14(19)11(13(18)15(17)20)7-9-8-16-12-6-4-3-5-10(9)12/h3-8,13,16,18H,2H2,1H3/b11-7+/t13-/m0/s1. The number of amides is 2. The summed E-state index contributed by atoms with van der Waals surface area (Å²) in [6.07, 6.45) is 1.98. The van der Waals surface area contributed by atoms with Gasteiger partial charge in [0.2, 0.25) is 0 Å². The van der Waals surface area contributed by atoms with E-state index < -0.39 is 17.9 Å². The molecule has 0 radical (unpaired) electrons. The Labute approximate surface area is 115 Å². The van der Waals surface area contributed by atoms with Gasteiger partial charge in [0.1, 0.15) is 0 Å². The zero-order valence-electron chi connectivity index (χ0n) is 11.0. The molecular formula is C15H14N2O3. The molecule has 1 aromatic carbocycles. The second-order valence-corrected chi connectivity index (χ2v) is 4.68. The van der Waals surface area contributed by atoms with E-state index in [0.29, 0.717) is 0 Å². The number of hydrogen-bond acceptors (Lipinski definition) is 3. The lowest BCUT2D eigenvalue weighted by atomic mass is 10.1. The average molecular weight is 270 g/mol. The van der Waals surface area contributed by atoms with Gasteiger partial charge >= 0.3 is 0 Å². The van der Waals surface area contributed by atoms with E-state index in [1.165, 1.54) is 0 Å². The van der Waals surface area contributed by atoms with Crippen LogP contribution in [-0.4, -0.2) is 39.5 Å². The first-order chi connectivity index (χ1) is 9.63. The molecule has 1 fully saturated rings. The van der Waals surface area contributed by atoms with E-state index >= 15 is 0 Å². The van der Waals surface area contributed by atoms with Crippen LogP contribution in [0.1, 0.15) is 12.5 Å².